The molecule has 51 heavy (non-hydrogen) atoms. The summed E-state index contributed by atoms with van der Waals surface area (Å²) in [7, 11) is -3.07. The maximum absolute atomic E-state index is 11.8. The number of anilines is 2. The minimum absolute atomic E-state index is 0.171. The first kappa shape index (κ1) is 39.6. The van der Waals surface area contributed by atoms with Crippen molar-refractivity contribution in [3.05, 3.63) is 46.4 Å². The van der Waals surface area contributed by atoms with Crippen LogP contribution in [0, 0.1) is 0 Å². The molecule has 0 spiro atoms. The monoisotopic (exact) mass is 798 g/mol. The van der Waals surface area contributed by atoms with Crippen LogP contribution in [0.3, 0.4) is 0 Å². The van der Waals surface area contributed by atoms with E-state index < -0.39 is 22.4 Å². The van der Waals surface area contributed by atoms with Gasteiger partial charge in [0.15, 0.2) is 14.1 Å². The topological polar surface area (TPSA) is 129 Å². The molecule has 0 radical (unpaired) electrons. The van der Waals surface area contributed by atoms with Crippen LogP contribution in [0.25, 0.3) is 21.9 Å². The lowest BCUT2D eigenvalue weighted by Gasteiger charge is -2.41. The number of hydrogen-bond acceptors (Lipinski definition) is 7. The third kappa shape index (κ3) is 10.1. The molecule has 10 nitrogen and oxygen atoms in total. The second kappa shape index (κ2) is 16.2. The molecular formula is C38H59BrN6O4Si2. The van der Waals surface area contributed by atoms with Crippen LogP contribution in [-0.4, -0.2) is 65.6 Å². The van der Waals surface area contributed by atoms with Gasteiger partial charge in [0.1, 0.15) is 6.73 Å². The lowest BCUT2D eigenvalue weighted by Crippen LogP contribution is -2.44. The maximum Gasteiger partial charge on any atom is 0.335 e. The van der Waals surface area contributed by atoms with Gasteiger partial charge in [-0.25, -0.2) is 14.5 Å². The smallest absolute Gasteiger partial charge is 0.335 e. The molecule has 6 rings (SSSR count). The summed E-state index contributed by atoms with van der Waals surface area (Å²) in [5, 5.41) is 19.3. The number of aromatic nitrogens is 4. The average Bonchev–Trinajstić information content (AvgIpc) is 3.75. The lowest BCUT2D eigenvalue weighted by atomic mass is 9.93. The number of hydrogen-bond donors (Lipinski definition) is 3. The average molecular weight is 800 g/mol. The van der Waals surface area contributed by atoms with Gasteiger partial charge in [0.2, 0.25) is 5.95 Å². The molecule has 4 N–H and O–H groups in total. The highest BCUT2D eigenvalue weighted by Gasteiger charge is 2.40. The van der Waals surface area contributed by atoms with E-state index in [2.05, 4.69) is 85.4 Å². The maximum atomic E-state index is 11.8. The van der Waals surface area contributed by atoms with Crippen molar-refractivity contribution in [1.29, 1.82) is 0 Å². The Kier molecular flexibility index (Phi) is 12.6. The van der Waals surface area contributed by atoms with Gasteiger partial charge in [0, 0.05) is 42.7 Å². The molecule has 0 aliphatic heterocycles. The van der Waals surface area contributed by atoms with Gasteiger partial charge in [-0.1, -0.05) is 69.2 Å². The zero-order valence-corrected chi connectivity index (χ0v) is 35.5. The molecule has 280 valence electrons. The first-order chi connectivity index (χ1) is 23.9. The number of ether oxygens (including phenoxy) is 1. The highest BCUT2D eigenvalue weighted by atomic mass is 79.9. The Morgan fingerprint density at radius 3 is 2.25 bits per heavy atom. The molecule has 13 heteroatoms. The summed E-state index contributed by atoms with van der Waals surface area (Å²) < 4.78 is 18.0. The molecule has 0 unspecified atom stereocenters. The van der Waals surface area contributed by atoms with Crippen LogP contribution < -0.4 is 11.1 Å². The number of imidazole rings is 1. The normalized spacial score (nSPS) is 19.0. The van der Waals surface area contributed by atoms with Crippen LogP contribution in [0.15, 0.2) is 40.9 Å². The van der Waals surface area contributed by atoms with Crippen molar-refractivity contribution in [1.82, 2.24) is 19.3 Å². The van der Waals surface area contributed by atoms with Gasteiger partial charge in [-0.2, -0.15) is 5.10 Å². The number of rotatable bonds is 11. The van der Waals surface area contributed by atoms with E-state index in [1.165, 1.54) is 25.7 Å². The SMILES string of the molecule is CC(C)(C)[Si](C)(C)OC1CCC(n2c(Nc3nn(COCC[Si](C)(C)C)c4ccc(Br)cc34)nc3cc(C(=O)O)ccc32)CC1.NC1CCCC1. The summed E-state index contributed by atoms with van der Waals surface area (Å²) in [5.41, 5.74) is 8.28. The number of fused-ring (bicyclic) bond motifs is 2. The summed E-state index contributed by atoms with van der Waals surface area (Å²) in [6.45, 7) is 19.6. The third-order valence-electron chi connectivity index (χ3n) is 10.8. The molecule has 2 aromatic heterocycles. The number of carboxylic acid groups (broad SMARTS) is 1. The van der Waals surface area contributed by atoms with Crippen molar-refractivity contribution in [2.45, 2.75) is 141 Å². The molecule has 0 atom stereocenters. The van der Waals surface area contributed by atoms with E-state index in [9.17, 15) is 9.90 Å². The largest absolute Gasteiger partial charge is 0.478 e. The van der Waals surface area contributed by atoms with Crippen molar-refractivity contribution in [3.63, 3.8) is 0 Å². The quantitative estimate of drug-likeness (QED) is 0.101. The van der Waals surface area contributed by atoms with Crippen LogP contribution in [0.5, 0.6) is 0 Å². The first-order valence-electron chi connectivity index (χ1n) is 18.6. The second-order valence-electron chi connectivity index (χ2n) is 17.1. The molecule has 2 heterocycles. The number of carbonyl (C=O) groups is 1. The number of aromatic carboxylic acids is 1. The summed E-state index contributed by atoms with van der Waals surface area (Å²) in [6.07, 6.45) is 9.36. The van der Waals surface area contributed by atoms with E-state index in [-0.39, 0.29) is 22.7 Å². The van der Waals surface area contributed by atoms with Gasteiger partial charge in [-0.15, -0.1) is 0 Å². The van der Waals surface area contributed by atoms with E-state index in [1.54, 1.807) is 12.1 Å². The zero-order valence-electron chi connectivity index (χ0n) is 31.9. The summed E-state index contributed by atoms with van der Waals surface area (Å²) in [6, 6.07) is 13.2. The van der Waals surface area contributed by atoms with Crippen molar-refractivity contribution in [2.24, 2.45) is 5.73 Å². The number of nitrogens with two attached hydrogens (primary N) is 1. The summed E-state index contributed by atoms with van der Waals surface area (Å²) in [5.74, 6) is 0.380. The van der Waals surface area contributed by atoms with Crippen LogP contribution >= 0.6 is 15.9 Å². The zero-order chi connectivity index (χ0) is 37.1. The summed E-state index contributed by atoms with van der Waals surface area (Å²) >= 11 is 3.64. The molecule has 2 aliphatic rings. The molecule has 0 amide bonds. The van der Waals surface area contributed by atoms with Crippen molar-refractivity contribution in [2.75, 3.05) is 11.9 Å². The standard InChI is InChI=1S/C33H48BrN5O4Si2.C5H11N/c1-33(2,3)45(7,8)43-25-13-11-24(12-14-25)39-29-15-9-22(31(40)41)19-27(29)35-32(39)36-30-26-20-23(34)10-16-28(26)38(37-30)21-42-17-18-44(4,5)6;6-5-3-1-2-4-5/h9-10,15-16,19-20,24-25H,11-14,17-18,21H2,1-8H3,(H,40,41)(H,35,36,37);5H,1-4,6H2. The minimum Gasteiger partial charge on any atom is -0.478 e. The first-order valence-corrected chi connectivity index (χ1v) is 26.0. The van der Waals surface area contributed by atoms with E-state index in [0.717, 1.165) is 52.6 Å². The Bertz CT molecular complexity index is 1800. The van der Waals surface area contributed by atoms with Gasteiger partial charge in [0.25, 0.3) is 0 Å². The molecular weight excluding hydrogens is 741 g/mol. The second-order valence-corrected chi connectivity index (χ2v) is 28.4. The third-order valence-corrected chi connectivity index (χ3v) is 17.5. The molecule has 2 aliphatic carbocycles. The predicted octanol–water partition coefficient (Wildman–Crippen LogP) is 10.3. The Balaban J connectivity index is 0.000000761. The van der Waals surface area contributed by atoms with Crippen molar-refractivity contribution >= 4 is 72.0 Å². The van der Waals surface area contributed by atoms with Crippen molar-refractivity contribution < 1.29 is 19.1 Å². The van der Waals surface area contributed by atoms with Crippen LogP contribution in [0.1, 0.15) is 88.5 Å². The van der Waals surface area contributed by atoms with Gasteiger partial charge < -0.3 is 29.9 Å². The van der Waals surface area contributed by atoms with E-state index >= 15 is 0 Å². The number of benzene rings is 2. The molecule has 4 aromatic rings. The van der Waals surface area contributed by atoms with E-state index in [0.29, 0.717) is 36.7 Å². The van der Waals surface area contributed by atoms with Crippen LogP contribution in [-0.2, 0) is 15.9 Å². The lowest BCUT2D eigenvalue weighted by molar-refractivity contribution is 0.0697. The summed E-state index contributed by atoms with van der Waals surface area (Å²) in [4.78, 5) is 16.8. The van der Waals surface area contributed by atoms with E-state index in [4.69, 9.17) is 25.0 Å². The molecule has 2 fully saturated rings. The molecule has 2 saturated carbocycles. The van der Waals surface area contributed by atoms with Crippen LogP contribution in [0.2, 0.25) is 43.8 Å². The number of halogens is 1. The van der Waals surface area contributed by atoms with Crippen LogP contribution in [0.4, 0.5) is 11.8 Å². The Hall–Kier alpha value is -2.56. The molecule has 0 saturated heterocycles. The predicted molar refractivity (Wildman–Crippen MR) is 218 cm³/mol. The minimum atomic E-state index is -1.86. The number of nitrogens with zero attached hydrogens (tertiary/aromatic N) is 4. The van der Waals surface area contributed by atoms with Crippen molar-refractivity contribution in [3.8, 4) is 0 Å². The number of carboxylic acids is 1. The van der Waals surface area contributed by atoms with Gasteiger partial charge in [-0.05, 0) is 99.1 Å². The fraction of sp³-hybridized carbons (Fsp3) is 0.605. The Morgan fingerprint density at radius 1 is 1.00 bits per heavy atom. The highest BCUT2D eigenvalue weighted by Crippen LogP contribution is 2.42. The Labute approximate surface area is 314 Å². The van der Waals surface area contributed by atoms with Gasteiger partial charge in [-0.3, -0.25) is 0 Å². The van der Waals surface area contributed by atoms with E-state index in [1.807, 2.05) is 22.9 Å². The number of nitrogens with one attached hydrogen (secondary N) is 1. The Morgan fingerprint density at radius 2 is 1.67 bits per heavy atom. The van der Waals surface area contributed by atoms with Gasteiger partial charge in [0.05, 0.1) is 22.1 Å². The molecule has 0 bridgehead atoms. The van der Waals surface area contributed by atoms with Gasteiger partial charge >= 0.3 is 5.97 Å². The highest BCUT2D eigenvalue weighted by molar-refractivity contribution is 9.10. The fourth-order valence-corrected chi connectivity index (χ4v) is 9.18. The fourth-order valence-electron chi connectivity index (χ4n) is 6.64. The molecule has 2 aromatic carbocycles.